The summed E-state index contributed by atoms with van der Waals surface area (Å²) < 4.78 is 31.8. The SMILES string of the molecule is CCOC(=O)c1ccc(C(=O)NS(=O)(=O)c2ccc(C(=O)NCc3ccccc3)cc2)cn1. The Morgan fingerprint density at radius 1 is 0.879 bits per heavy atom. The molecule has 0 bridgehead atoms. The zero-order chi connectivity index (χ0) is 23.8. The van der Waals surface area contributed by atoms with Crippen LogP contribution in [0.25, 0.3) is 0 Å². The Morgan fingerprint density at radius 2 is 1.55 bits per heavy atom. The Morgan fingerprint density at radius 3 is 2.15 bits per heavy atom. The second-order valence-corrected chi connectivity index (χ2v) is 8.46. The Hall–Kier alpha value is -4.05. The van der Waals surface area contributed by atoms with Crippen LogP contribution in [0.2, 0.25) is 0 Å². The number of nitrogens with one attached hydrogen (secondary N) is 2. The van der Waals surface area contributed by atoms with Crippen LogP contribution in [0, 0.1) is 0 Å². The van der Waals surface area contributed by atoms with Gasteiger partial charge in [0.1, 0.15) is 5.69 Å². The van der Waals surface area contributed by atoms with E-state index >= 15 is 0 Å². The number of aromatic nitrogens is 1. The number of nitrogens with zero attached hydrogens (tertiary/aromatic N) is 1. The quantitative estimate of drug-likeness (QED) is 0.486. The lowest BCUT2D eigenvalue weighted by molar-refractivity contribution is 0.0519. The highest BCUT2D eigenvalue weighted by atomic mass is 32.2. The lowest BCUT2D eigenvalue weighted by Crippen LogP contribution is -2.31. The summed E-state index contributed by atoms with van der Waals surface area (Å²) in [5.74, 6) is -1.92. The van der Waals surface area contributed by atoms with Crippen LogP contribution in [0.4, 0.5) is 0 Å². The van der Waals surface area contributed by atoms with Crippen LogP contribution in [0.15, 0.2) is 77.8 Å². The molecule has 9 nitrogen and oxygen atoms in total. The van der Waals surface area contributed by atoms with Gasteiger partial charge in [-0.25, -0.2) is 22.9 Å². The summed E-state index contributed by atoms with van der Waals surface area (Å²) in [6.45, 7) is 2.15. The van der Waals surface area contributed by atoms with Gasteiger partial charge in [0.2, 0.25) is 0 Å². The van der Waals surface area contributed by atoms with Gasteiger partial charge in [-0.2, -0.15) is 0 Å². The van der Waals surface area contributed by atoms with Crippen molar-refractivity contribution in [1.29, 1.82) is 0 Å². The van der Waals surface area contributed by atoms with Crippen molar-refractivity contribution in [3.63, 3.8) is 0 Å². The number of carbonyl (C=O) groups is 3. The summed E-state index contributed by atoms with van der Waals surface area (Å²) in [4.78, 5) is 39.9. The molecule has 3 rings (SSSR count). The summed E-state index contributed by atoms with van der Waals surface area (Å²) in [5, 5.41) is 2.75. The molecule has 0 aliphatic heterocycles. The molecule has 0 aliphatic rings. The fourth-order valence-corrected chi connectivity index (χ4v) is 3.73. The summed E-state index contributed by atoms with van der Waals surface area (Å²) in [6.07, 6.45) is 1.08. The average Bonchev–Trinajstić information content (AvgIpc) is 2.83. The molecule has 0 spiro atoms. The van der Waals surface area contributed by atoms with Crippen LogP contribution in [-0.2, 0) is 21.3 Å². The van der Waals surface area contributed by atoms with E-state index in [2.05, 4.69) is 10.3 Å². The number of benzene rings is 2. The molecule has 0 aliphatic carbocycles. The van der Waals surface area contributed by atoms with E-state index in [4.69, 9.17) is 4.74 Å². The van der Waals surface area contributed by atoms with Gasteiger partial charge in [-0.3, -0.25) is 9.59 Å². The highest BCUT2D eigenvalue weighted by Crippen LogP contribution is 2.12. The van der Waals surface area contributed by atoms with Crippen molar-refractivity contribution < 1.29 is 27.5 Å². The molecule has 1 heterocycles. The Labute approximate surface area is 190 Å². The topological polar surface area (TPSA) is 132 Å². The van der Waals surface area contributed by atoms with E-state index in [1.54, 1.807) is 6.92 Å². The zero-order valence-electron chi connectivity index (χ0n) is 17.6. The van der Waals surface area contributed by atoms with E-state index in [1.165, 1.54) is 36.4 Å². The summed E-state index contributed by atoms with van der Waals surface area (Å²) in [7, 11) is -4.19. The summed E-state index contributed by atoms with van der Waals surface area (Å²) >= 11 is 0. The van der Waals surface area contributed by atoms with Crippen molar-refractivity contribution >= 4 is 27.8 Å². The number of hydrogen-bond donors (Lipinski definition) is 2. The number of carbonyl (C=O) groups excluding carboxylic acids is 3. The van der Waals surface area contributed by atoms with Crippen LogP contribution < -0.4 is 10.0 Å². The van der Waals surface area contributed by atoms with E-state index in [9.17, 15) is 22.8 Å². The van der Waals surface area contributed by atoms with Gasteiger partial charge in [0.15, 0.2) is 0 Å². The fourth-order valence-electron chi connectivity index (χ4n) is 2.76. The maximum absolute atomic E-state index is 12.5. The smallest absolute Gasteiger partial charge is 0.356 e. The fraction of sp³-hybridized carbons (Fsp3) is 0.130. The molecule has 3 aromatic rings. The van der Waals surface area contributed by atoms with Gasteiger partial charge in [0, 0.05) is 18.3 Å². The van der Waals surface area contributed by atoms with Crippen LogP contribution in [0.1, 0.15) is 43.7 Å². The highest BCUT2D eigenvalue weighted by Gasteiger charge is 2.20. The number of ether oxygens (including phenoxy) is 1. The lowest BCUT2D eigenvalue weighted by atomic mass is 10.2. The van der Waals surface area contributed by atoms with Crippen LogP contribution in [0.5, 0.6) is 0 Å². The number of esters is 1. The van der Waals surface area contributed by atoms with E-state index in [1.807, 2.05) is 35.1 Å². The largest absolute Gasteiger partial charge is 0.461 e. The predicted molar refractivity (Wildman–Crippen MR) is 119 cm³/mol. The third-order valence-corrected chi connectivity index (χ3v) is 5.81. The number of rotatable bonds is 8. The Bertz CT molecular complexity index is 1240. The molecule has 2 N–H and O–H groups in total. The Kier molecular flexibility index (Phi) is 7.52. The lowest BCUT2D eigenvalue weighted by Gasteiger charge is -2.09. The van der Waals surface area contributed by atoms with Crippen molar-refractivity contribution in [3.05, 3.63) is 95.3 Å². The van der Waals surface area contributed by atoms with Gasteiger partial charge in [0.05, 0.1) is 17.1 Å². The van der Waals surface area contributed by atoms with Crippen molar-refractivity contribution in [2.24, 2.45) is 0 Å². The monoisotopic (exact) mass is 467 g/mol. The molecule has 0 saturated heterocycles. The summed E-state index contributed by atoms with van der Waals surface area (Å²) in [6, 6.07) is 17.1. The van der Waals surface area contributed by atoms with Gasteiger partial charge < -0.3 is 10.1 Å². The molecule has 2 aromatic carbocycles. The molecule has 0 unspecified atom stereocenters. The van der Waals surface area contributed by atoms with Crippen molar-refractivity contribution in [3.8, 4) is 0 Å². The first-order valence-corrected chi connectivity index (χ1v) is 11.4. The van der Waals surface area contributed by atoms with Gasteiger partial charge in [0.25, 0.3) is 21.8 Å². The minimum Gasteiger partial charge on any atom is -0.461 e. The minimum absolute atomic E-state index is 0.00242. The molecule has 0 saturated carbocycles. The third-order valence-electron chi connectivity index (χ3n) is 4.46. The number of amides is 2. The number of pyridine rings is 1. The zero-order valence-corrected chi connectivity index (χ0v) is 18.5. The summed E-state index contributed by atoms with van der Waals surface area (Å²) in [5.41, 5.74) is 1.15. The van der Waals surface area contributed by atoms with Crippen LogP contribution in [0.3, 0.4) is 0 Å². The maximum atomic E-state index is 12.5. The number of hydrogen-bond acceptors (Lipinski definition) is 7. The molecule has 0 atom stereocenters. The molecule has 0 fully saturated rings. The van der Waals surface area contributed by atoms with Gasteiger partial charge >= 0.3 is 5.97 Å². The molecule has 0 radical (unpaired) electrons. The molecule has 2 amide bonds. The van der Waals surface area contributed by atoms with Gasteiger partial charge in [-0.05, 0) is 48.9 Å². The minimum atomic E-state index is -4.19. The van der Waals surface area contributed by atoms with E-state index < -0.39 is 21.9 Å². The first kappa shape index (κ1) is 23.6. The maximum Gasteiger partial charge on any atom is 0.356 e. The molecule has 10 heteroatoms. The van der Waals surface area contributed by atoms with Crippen molar-refractivity contribution in [2.75, 3.05) is 6.61 Å². The van der Waals surface area contributed by atoms with E-state index in [0.717, 1.165) is 11.8 Å². The van der Waals surface area contributed by atoms with E-state index in [-0.39, 0.29) is 34.2 Å². The molecule has 170 valence electrons. The number of sulfonamides is 1. The van der Waals surface area contributed by atoms with Crippen molar-refractivity contribution in [1.82, 2.24) is 15.0 Å². The molecular weight excluding hydrogens is 446 g/mol. The van der Waals surface area contributed by atoms with Gasteiger partial charge in [-0.1, -0.05) is 30.3 Å². The molecule has 33 heavy (non-hydrogen) atoms. The first-order chi connectivity index (χ1) is 15.8. The van der Waals surface area contributed by atoms with Gasteiger partial charge in [-0.15, -0.1) is 0 Å². The second-order valence-electron chi connectivity index (χ2n) is 6.78. The molecular formula is C23H21N3O6S. The van der Waals surface area contributed by atoms with Crippen LogP contribution >= 0.6 is 0 Å². The van der Waals surface area contributed by atoms with Crippen LogP contribution in [-0.4, -0.2) is 37.8 Å². The second kappa shape index (κ2) is 10.5. The normalized spacial score (nSPS) is 10.8. The standard InChI is InChI=1S/C23H21N3O6S/c1-2-32-23(29)20-13-10-18(15-24-20)22(28)26-33(30,31)19-11-8-17(9-12-19)21(27)25-14-16-6-4-3-5-7-16/h3-13,15H,2,14H2,1H3,(H,25,27)(H,26,28). The molecule has 1 aromatic heterocycles. The average molecular weight is 468 g/mol. The highest BCUT2D eigenvalue weighted by molar-refractivity contribution is 7.90. The Balaban J connectivity index is 1.63. The third kappa shape index (κ3) is 6.23. The predicted octanol–water partition coefficient (Wildman–Crippen LogP) is 2.31. The van der Waals surface area contributed by atoms with Crippen molar-refractivity contribution in [2.45, 2.75) is 18.4 Å². The van der Waals surface area contributed by atoms with E-state index in [0.29, 0.717) is 6.54 Å². The first-order valence-electron chi connectivity index (χ1n) is 9.92.